The Morgan fingerprint density at radius 2 is 1.88 bits per heavy atom. The van der Waals surface area contributed by atoms with E-state index in [1.165, 1.54) is 7.11 Å². The van der Waals surface area contributed by atoms with E-state index in [2.05, 4.69) is 18.7 Å². The van der Waals surface area contributed by atoms with Gasteiger partial charge in [-0.3, -0.25) is 9.69 Å². The van der Waals surface area contributed by atoms with E-state index in [-0.39, 0.29) is 12.0 Å². The average molecular weight is 230 g/mol. The first-order valence-electron chi connectivity index (χ1n) is 6.16. The van der Waals surface area contributed by atoms with E-state index in [1.807, 2.05) is 6.92 Å². The van der Waals surface area contributed by atoms with Gasteiger partial charge in [-0.1, -0.05) is 33.6 Å². The van der Waals surface area contributed by atoms with E-state index < -0.39 is 0 Å². The van der Waals surface area contributed by atoms with E-state index in [9.17, 15) is 4.79 Å². The van der Waals surface area contributed by atoms with Gasteiger partial charge >= 0.3 is 5.97 Å². The fourth-order valence-corrected chi connectivity index (χ4v) is 1.89. The third-order valence-corrected chi connectivity index (χ3v) is 3.19. The smallest absolute Gasteiger partial charge is 0.324 e. The molecule has 2 N–H and O–H groups in total. The Kier molecular flexibility index (Phi) is 8.21. The first-order valence-corrected chi connectivity index (χ1v) is 6.16. The number of esters is 1. The highest BCUT2D eigenvalue weighted by atomic mass is 16.5. The molecule has 0 aromatic carbocycles. The molecule has 0 aromatic heterocycles. The van der Waals surface area contributed by atoms with Gasteiger partial charge in [0.25, 0.3) is 0 Å². The number of hydrogen-bond donors (Lipinski definition) is 1. The van der Waals surface area contributed by atoms with Crippen molar-refractivity contribution in [3.8, 4) is 0 Å². The molecule has 0 rings (SSSR count). The van der Waals surface area contributed by atoms with Crippen molar-refractivity contribution in [1.29, 1.82) is 0 Å². The highest BCUT2D eigenvalue weighted by Gasteiger charge is 2.25. The van der Waals surface area contributed by atoms with Crippen LogP contribution < -0.4 is 5.73 Å². The van der Waals surface area contributed by atoms with Crippen LogP contribution in [0.15, 0.2) is 0 Å². The molecule has 0 spiro atoms. The predicted molar refractivity (Wildman–Crippen MR) is 66.2 cm³/mol. The summed E-state index contributed by atoms with van der Waals surface area (Å²) in [6.07, 6.45) is 2.26. The van der Waals surface area contributed by atoms with Gasteiger partial charge in [-0.25, -0.2) is 0 Å². The lowest BCUT2D eigenvalue weighted by atomic mass is 10.0. The van der Waals surface area contributed by atoms with Crippen molar-refractivity contribution in [3.63, 3.8) is 0 Å². The highest BCUT2D eigenvalue weighted by Crippen LogP contribution is 2.12. The molecule has 0 amide bonds. The lowest BCUT2D eigenvalue weighted by molar-refractivity contribution is -0.146. The van der Waals surface area contributed by atoms with Gasteiger partial charge in [0.1, 0.15) is 6.04 Å². The SMILES string of the molecule is CCC(CC)CN(CC)C(CN)C(=O)OC. The second-order valence-electron chi connectivity index (χ2n) is 4.04. The van der Waals surface area contributed by atoms with E-state index in [4.69, 9.17) is 10.5 Å². The zero-order valence-electron chi connectivity index (χ0n) is 11.0. The molecule has 0 radical (unpaired) electrons. The zero-order chi connectivity index (χ0) is 12.6. The normalized spacial score (nSPS) is 13.2. The molecule has 0 aromatic rings. The van der Waals surface area contributed by atoms with Crippen LogP contribution in [0.25, 0.3) is 0 Å². The molecule has 1 atom stereocenters. The van der Waals surface area contributed by atoms with Crippen molar-refractivity contribution in [3.05, 3.63) is 0 Å². The lowest BCUT2D eigenvalue weighted by Crippen LogP contribution is -2.48. The Hall–Kier alpha value is -0.610. The number of methoxy groups -OCH3 is 1. The number of carbonyl (C=O) groups excluding carboxylic acids is 1. The summed E-state index contributed by atoms with van der Waals surface area (Å²) in [4.78, 5) is 13.7. The van der Waals surface area contributed by atoms with E-state index >= 15 is 0 Å². The van der Waals surface area contributed by atoms with Crippen LogP contribution in [0.5, 0.6) is 0 Å². The number of ether oxygens (including phenoxy) is 1. The molecule has 0 bridgehead atoms. The van der Waals surface area contributed by atoms with Crippen molar-refractivity contribution in [2.75, 3.05) is 26.7 Å². The molecule has 4 heteroatoms. The van der Waals surface area contributed by atoms with Crippen molar-refractivity contribution >= 4 is 5.97 Å². The van der Waals surface area contributed by atoms with Crippen molar-refractivity contribution in [1.82, 2.24) is 4.90 Å². The molecular weight excluding hydrogens is 204 g/mol. The van der Waals surface area contributed by atoms with Gasteiger partial charge in [-0.05, 0) is 12.5 Å². The molecular formula is C12H26N2O2. The quantitative estimate of drug-likeness (QED) is 0.638. The Morgan fingerprint density at radius 3 is 2.19 bits per heavy atom. The minimum absolute atomic E-state index is 0.227. The second-order valence-corrected chi connectivity index (χ2v) is 4.04. The average Bonchev–Trinajstić information content (AvgIpc) is 2.33. The third-order valence-electron chi connectivity index (χ3n) is 3.19. The van der Waals surface area contributed by atoms with Crippen LogP contribution in [0, 0.1) is 5.92 Å². The monoisotopic (exact) mass is 230 g/mol. The number of hydrogen-bond acceptors (Lipinski definition) is 4. The van der Waals surface area contributed by atoms with Crippen molar-refractivity contribution in [2.24, 2.45) is 11.7 Å². The molecule has 0 saturated heterocycles. The molecule has 4 nitrogen and oxygen atoms in total. The standard InChI is InChI=1S/C12H26N2O2/c1-5-10(6-2)9-14(7-3)11(8-13)12(15)16-4/h10-11H,5-9,13H2,1-4H3. The summed E-state index contributed by atoms with van der Waals surface area (Å²) in [6.45, 7) is 8.47. The predicted octanol–water partition coefficient (Wildman–Crippen LogP) is 1.24. The summed E-state index contributed by atoms with van der Waals surface area (Å²) in [5, 5.41) is 0. The summed E-state index contributed by atoms with van der Waals surface area (Å²) in [6, 6.07) is -0.296. The molecule has 0 fully saturated rings. The van der Waals surface area contributed by atoms with Crippen molar-refractivity contribution < 1.29 is 9.53 Å². The number of nitrogens with two attached hydrogens (primary N) is 1. The van der Waals surface area contributed by atoms with Gasteiger partial charge in [0.2, 0.25) is 0 Å². The summed E-state index contributed by atoms with van der Waals surface area (Å²) in [5.41, 5.74) is 5.64. The maximum Gasteiger partial charge on any atom is 0.324 e. The largest absolute Gasteiger partial charge is 0.468 e. The van der Waals surface area contributed by atoms with Gasteiger partial charge in [0.05, 0.1) is 7.11 Å². The Bertz CT molecular complexity index is 193. The highest BCUT2D eigenvalue weighted by molar-refractivity contribution is 5.75. The van der Waals surface area contributed by atoms with Gasteiger partial charge in [-0.15, -0.1) is 0 Å². The van der Waals surface area contributed by atoms with Gasteiger partial charge in [-0.2, -0.15) is 0 Å². The summed E-state index contributed by atoms with van der Waals surface area (Å²) in [7, 11) is 1.41. The van der Waals surface area contributed by atoms with Crippen LogP contribution in [-0.2, 0) is 9.53 Å². The van der Waals surface area contributed by atoms with Crippen LogP contribution in [0.4, 0.5) is 0 Å². The summed E-state index contributed by atoms with van der Waals surface area (Å²) >= 11 is 0. The maximum absolute atomic E-state index is 11.6. The molecule has 1 unspecified atom stereocenters. The van der Waals surface area contributed by atoms with Gasteiger partial charge in [0, 0.05) is 13.1 Å². The van der Waals surface area contributed by atoms with Crippen LogP contribution in [-0.4, -0.2) is 43.7 Å². The zero-order valence-corrected chi connectivity index (χ0v) is 11.0. The number of nitrogens with zero attached hydrogens (tertiary/aromatic N) is 1. The first kappa shape index (κ1) is 15.4. The first-order chi connectivity index (χ1) is 7.64. The van der Waals surface area contributed by atoms with Gasteiger partial charge < -0.3 is 10.5 Å². The van der Waals surface area contributed by atoms with E-state index in [0.717, 1.165) is 25.9 Å². The van der Waals surface area contributed by atoms with Crippen LogP contribution in [0.1, 0.15) is 33.6 Å². The Morgan fingerprint density at radius 1 is 1.31 bits per heavy atom. The molecule has 96 valence electrons. The van der Waals surface area contributed by atoms with E-state index in [1.54, 1.807) is 0 Å². The fourth-order valence-electron chi connectivity index (χ4n) is 1.89. The number of likely N-dealkylation sites (N-methyl/N-ethyl adjacent to an activating group) is 1. The third kappa shape index (κ3) is 4.49. The maximum atomic E-state index is 11.6. The number of carbonyl (C=O) groups is 1. The lowest BCUT2D eigenvalue weighted by Gasteiger charge is -2.30. The van der Waals surface area contributed by atoms with Crippen LogP contribution >= 0.6 is 0 Å². The molecule has 0 heterocycles. The molecule has 16 heavy (non-hydrogen) atoms. The minimum atomic E-state index is -0.296. The van der Waals surface area contributed by atoms with Crippen LogP contribution in [0.3, 0.4) is 0 Å². The van der Waals surface area contributed by atoms with E-state index in [0.29, 0.717) is 12.5 Å². The molecule has 0 aliphatic heterocycles. The minimum Gasteiger partial charge on any atom is -0.468 e. The molecule has 0 saturated carbocycles. The topological polar surface area (TPSA) is 55.6 Å². The van der Waals surface area contributed by atoms with Gasteiger partial charge in [0.15, 0.2) is 0 Å². The Balaban J connectivity index is 4.48. The fraction of sp³-hybridized carbons (Fsp3) is 0.917. The number of rotatable bonds is 8. The molecule has 0 aliphatic carbocycles. The summed E-state index contributed by atoms with van der Waals surface area (Å²) < 4.78 is 4.77. The molecule has 0 aliphatic rings. The van der Waals surface area contributed by atoms with Crippen LogP contribution in [0.2, 0.25) is 0 Å². The van der Waals surface area contributed by atoms with Crippen molar-refractivity contribution in [2.45, 2.75) is 39.7 Å². The second kappa shape index (κ2) is 8.53. The Labute approximate surface area is 99.1 Å². The summed E-state index contributed by atoms with van der Waals surface area (Å²) in [5.74, 6) is 0.397.